The van der Waals surface area contributed by atoms with Crippen LogP contribution in [0.3, 0.4) is 0 Å². The minimum Gasteiger partial charge on any atom is -0.490 e. The lowest BCUT2D eigenvalue weighted by molar-refractivity contribution is -0.140. The molecule has 0 aliphatic carbocycles. The van der Waals surface area contributed by atoms with Crippen molar-refractivity contribution in [1.82, 2.24) is 21.3 Å². The van der Waals surface area contributed by atoms with Crippen LogP contribution >= 0.6 is 0 Å². The number of methoxy groups -OCH3 is 1. The first-order valence-electron chi connectivity index (χ1n) is 34.6. The third-order valence-electron chi connectivity index (χ3n) is 15.2. The molecule has 0 radical (unpaired) electrons. The van der Waals surface area contributed by atoms with Gasteiger partial charge >= 0.3 is 18.2 Å². The number of ether oxygens (including phenoxy) is 4. The summed E-state index contributed by atoms with van der Waals surface area (Å²) in [5.74, 6) is 0.820. The second-order valence-electron chi connectivity index (χ2n) is 26.4. The van der Waals surface area contributed by atoms with Gasteiger partial charge < -0.3 is 40.2 Å². The van der Waals surface area contributed by atoms with Gasteiger partial charge in [-0.15, -0.1) is 0 Å². The standard InChI is InChI=1S/C73H128N4O9/c1-61(76-70(81)85-72(4,5)6)50-44-38-32-26-20-14-11-17-23-29-35-41-47-53-67(78)74-59-64-56-57-66(84-63(3)52-46-40-34-28-22-16-13-19-25-31-37-43-49-55-69(80)83-10)65(58-64)60-75-68(79)54-48-42-36-30-24-18-12-15-21-27-33-39-45-51-62(2)77-71(82)86-73(7,8)9/h11-16,56-58,61-63H,17-55,59-60H2,1-10H3,(H,74,78)(H,75,79)(H,76,81)(H,77,82)/b14-11-,15-12-,16-13-. The van der Waals surface area contributed by atoms with E-state index in [-0.39, 0.29) is 48.2 Å². The summed E-state index contributed by atoms with van der Waals surface area (Å²) >= 11 is 0. The molecule has 4 N–H and O–H groups in total. The zero-order valence-electron chi connectivity index (χ0n) is 56.6. The number of nitrogens with one attached hydrogen (secondary N) is 4. The number of alkyl carbamates (subject to hydrolysis) is 2. The number of carbonyl (C=O) groups is 5. The van der Waals surface area contributed by atoms with Crippen molar-refractivity contribution < 1.29 is 42.9 Å². The molecule has 13 nitrogen and oxygen atoms in total. The molecule has 0 aliphatic rings. The Morgan fingerprint density at radius 2 is 0.767 bits per heavy atom. The van der Waals surface area contributed by atoms with Gasteiger partial charge in [0.2, 0.25) is 11.8 Å². The number of hydrogen-bond donors (Lipinski definition) is 4. The maximum atomic E-state index is 13.1. The lowest BCUT2D eigenvalue weighted by Crippen LogP contribution is -2.37. The van der Waals surface area contributed by atoms with Gasteiger partial charge in [0.25, 0.3) is 0 Å². The Morgan fingerprint density at radius 3 is 1.15 bits per heavy atom. The van der Waals surface area contributed by atoms with Gasteiger partial charge in [0.05, 0.1) is 13.2 Å². The van der Waals surface area contributed by atoms with Crippen molar-refractivity contribution >= 4 is 30.0 Å². The molecule has 1 aromatic rings. The highest BCUT2D eigenvalue weighted by Crippen LogP contribution is 2.24. The van der Waals surface area contributed by atoms with E-state index in [1.54, 1.807) is 0 Å². The normalized spacial score (nSPS) is 13.0. The van der Waals surface area contributed by atoms with Gasteiger partial charge in [-0.1, -0.05) is 152 Å². The Bertz CT molecular complexity index is 1990. The number of hydrogen-bond acceptors (Lipinski definition) is 9. The predicted molar refractivity (Wildman–Crippen MR) is 357 cm³/mol. The van der Waals surface area contributed by atoms with Gasteiger partial charge in [-0.25, -0.2) is 9.59 Å². The van der Waals surface area contributed by atoms with E-state index in [9.17, 15) is 24.0 Å². The molecule has 3 atom stereocenters. The van der Waals surface area contributed by atoms with Gasteiger partial charge in [0.15, 0.2) is 0 Å². The minimum atomic E-state index is -0.475. The molecule has 4 amide bonds. The second kappa shape index (κ2) is 52.2. The van der Waals surface area contributed by atoms with Gasteiger partial charge in [-0.3, -0.25) is 14.4 Å². The average molecular weight is 1210 g/mol. The summed E-state index contributed by atoms with van der Waals surface area (Å²) in [6.07, 6.45) is 55.0. The highest BCUT2D eigenvalue weighted by atomic mass is 16.6. The SMILES string of the molecule is COC(=O)CCCCCCC/C=C\CCCCCCC(C)Oc1ccc(CNC(=O)CCCCCCC/C=C\CCCCCCC(C)NC(=O)OC(C)(C)C)cc1CNC(=O)CCCCCCC/C=C\CCCCCCC(C)NC(=O)OC(C)(C)C. The van der Waals surface area contributed by atoms with Crippen molar-refractivity contribution in [2.45, 2.75) is 355 Å². The molecule has 3 unspecified atom stereocenters. The molecular weight excluding hydrogens is 1080 g/mol. The summed E-state index contributed by atoms with van der Waals surface area (Å²) in [4.78, 5) is 61.2. The minimum absolute atomic E-state index is 0.0415. The Labute approximate surface area is 525 Å². The first-order chi connectivity index (χ1) is 41.3. The number of rotatable bonds is 53. The molecule has 1 aromatic carbocycles. The van der Waals surface area contributed by atoms with Gasteiger partial charge in [0, 0.05) is 50.0 Å². The summed E-state index contributed by atoms with van der Waals surface area (Å²) in [6, 6.07) is 6.38. The largest absolute Gasteiger partial charge is 0.490 e. The molecule has 13 heteroatoms. The van der Waals surface area contributed by atoms with Crippen molar-refractivity contribution in [3.05, 3.63) is 65.8 Å². The van der Waals surface area contributed by atoms with Crippen LogP contribution in [0.2, 0.25) is 0 Å². The average Bonchev–Trinajstić information content (AvgIpc) is 3.64. The molecule has 0 fully saturated rings. The number of allylic oxidation sites excluding steroid dienone is 6. The molecule has 0 aromatic heterocycles. The van der Waals surface area contributed by atoms with Crippen LogP contribution < -0.4 is 26.0 Å². The Balaban J connectivity index is 2.45. The third kappa shape index (κ3) is 52.3. The van der Waals surface area contributed by atoms with Crippen LogP contribution in [0.25, 0.3) is 0 Å². The zero-order chi connectivity index (χ0) is 63.4. The lowest BCUT2D eigenvalue weighted by Gasteiger charge is -2.22. The van der Waals surface area contributed by atoms with Crippen LogP contribution in [0.15, 0.2) is 54.7 Å². The van der Waals surface area contributed by atoms with Crippen molar-refractivity contribution in [2.75, 3.05) is 7.11 Å². The topological polar surface area (TPSA) is 170 Å². The van der Waals surface area contributed by atoms with E-state index in [2.05, 4.69) is 70.7 Å². The quantitative estimate of drug-likeness (QED) is 0.0215. The van der Waals surface area contributed by atoms with E-state index in [1.807, 2.05) is 67.5 Å². The summed E-state index contributed by atoms with van der Waals surface area (Å²) in [6.45, 7) is 18.3. The summed E-state index contributed by atoms with van der Waals surface area (Å²) in [7, 11) is 1.45. The maximum Gasteiger partial charge on any atom is 0.407 e. The monoisotopic (exact) mass is 1200 g/mol. The van der Waals surface area contributed by atoms with Gasteiger partial charge in [-0.05, 0) is 202 Å². The fourth-order valence-corrected chi connectivity index (χ4v) is 10.2. The Morgan fingerprint density at radius 1 is 0.430 bits per heavy atom. The van der Waals surface area contributed by atoms with Crippen LogP contribution in [0.1, 0.15) is 324 Å². The molecule has 0 spiro atoms. The fraction of sp³-hybridized carbons (Fsp3) is 0.767. The van der Waals surface area contributed by atoms with Gasteiger partial charge in [0.1, 0.15) is 17.0 Å². The Hall–Kier alpha value is -4.81. The van der Waals surface area contributed by atoms with Crippen LogP contribution in [0, 0.1) is 0 Å². The van der Waals surface area contributed by atoms with Crippen LogP contribution in [0.5, 0.6) is 5.75 Å². The smallest absolute Gasteiger partial charge is 0.407 e. The van der Waals surface area contributed by atoms with Crippen molar-refractivity contribution in [3.8, 4) is 5.75 Å². The van der Waals surface area contributed by atoms with E-state index in [0.29, 0.717) is 32.4 Å². The zero-order valence-corrected chi connectivity index (χ0v) is 56.6. The number of amides is 4. The molecule has 0 aliphatic heterocycles. The predicted octanol–water partition coefficient (Wildman–Crippen LogP) is 19.6. The third-order valence-corrected chi connectivity index (χ3v) is 15.2. The van der Waals surface area contributed by atoms with E-state index in [4.69, 9.17) is 18.9 Å². The summed E-state index contributed by atoms with van der Waals surface area (Å²) in [5, 5.41) is 12.2. The fourth-order valence-electron chi connectivity index (χ4n) is 10.2. The van der Waals surface area contributed by atoms with Crippen molar-refractivity contribution in [1.29, 1.82) is 0 Å². The van der Waals surface area contributed by atoms with E-state index in [1.165, 1.54) is 110 Å². The molecule has 0 bridgehead atoms. The summed E-state index contributed by atoms with van der Waals surface area (Å²) < 4.78 is 22.0. The van der Waals surface area contributed by atoms with E-state index >= 15 is 0 Å². The van der Waals surface area contributed by atoms with Crippen LogP contribution in [0.4, 0.5) is 9.59 Å². The van der Waals surface area contributed by atoms with Gasteiger partial charge in [-0.2, -0.15) is 0 Å². The molecule has 86 heavy (non-hydrogen) atoms. The Kier molecular flexibility index (Phi) is 48.0. The van der Waals surface area contributed by atoms with Crippen LogP contribution in [-0.4, -0.2) is 66.5 Å². The van der Waals surface area contributed by atoms with Crippen molar-refractivity contribution in [2.24, 2.45) is 0 Å². The number of esters is 1. The van der Waals surface area contributed by atoms with Crippen molar-refractivity contribution in [3.63, 3.8) is 0 Å². The molecule has 494 valence electrons. The second-order valence-corrected chi connectivity index (χ2v) is 26.4. The molecule has 0 saturated carbocycles. The summed E-state index contributed by atoms with van der Waals surface area (Å²) in [5.41, 5.74) is 0.993. The first-order valence-corrected chi connectivity index (χ1v) is 34.6. The lowest BCUT2D eigenvalue weighted by atomic mass is 10.1. The highest BCUT2D eigenvalue weighted by Gasteiger charge is 2.19. The molecular formula is C73H128N4O9. The number of benzene rings is 1. The molecule has 0 heterocycles. The molecule has 1 rings (SSSR count). The first kappa shape index (κ1) is 79.2. The highest BCUT2D eigenvalue weighted by molar-refractivity contribution is 5.76. The van der Waals surface area contributed by atoms with E-state index in [0.717, 1.165) is 145 Å². The number of unbranched alkanes of at least 4 members (excludes halogenated alkanes) is 27. The van der Waals surface area contributed by atoms with Crippen LogP contribution in [-0.2, 0) is 41.7 Å². The molecule has 0 saturated heterocycles. The number of carbonyl (C=O) groups excluding carboxylic acids is 5. The maximum absolute atomic E-state index is 13.1. The van der Waals surface area contributed by atoms with E-state index < -0.39 is 11.2 Å².